The van der Waals surface area contributed by atoms with Crippen molar-refractivity contribution in [2.75, 3.05) is 18.4 Å². The number of likely N-dealkylation sites (tertiary alicyclic amines) is 1. The highest BCUT2D eigenvalue weighted by Crippen LogP contribution is 2.31. The minimum atomic E-state index is -4.64. The number of alkyl halides is 3. The second kappa shape index (κ2) is 7.21. The van der Waals surface area contributed by atoms with E-state index in [1.165, 1.54) is 11.8 Å². The van der Waals surface area contributed by atoms with Crippen LogP contribution in [0.2, 0.25) is 0 Å². The number of piperidine rings is 1. The highest BCUT2D eigenvalue weighted by atomic mass is 19.4. The average Bonchev–Trinajstić information content (AvgIpc) is 2.53. The number of carbonyl (C=O) groups excluding carboxylic acids is 2. The molecule has 1 aromatic carbocycles. The summed E-state index contributed by atoms with van der Waals surface area (Å²) in [6.45, 7) is 1.68. The summed E-state index contributed by atoms with van der Waals surface area (Å²) >= 11 is 0. The lowest BCUT2D eigenvalue weighted by atomic mass is 9.91. The van der Waals surface area contributed by atoms with Crippen molar-refractivity contribution in [3.05, 3.63) is 29.8 Å². The van der Waals surface area contributed by atoms with Gasteiger partial charge >= 0.3 is 12.2 Å². The Balaban J connectivity index is 1.91. The Morgan fingerprint density at radius 3 is 2.46 bits per heavy atom. The van der Waals surface area contributed by atoms with Crippen LogP contribution in [0.3, 0.4) is 0 Å². The molecule has 132 valence electrons. The minimum absolute atomic E-state index is 0.0849. The number of amides is 2. The maximum absolute atomic E-state index is 12.5. The zero-order valence-electron chi connectivity index (χ0n) is 13.1. The van der Waals surface area contributed by atoms with Gasteiger partial charge in [-0.25, -0.2) is 4.79 Å². The maximum Gasteiger partial charge on any atom is 0.414 e. The first-order valence-electron chi connectivity index (χ1n) is 7.60. The fraction of sp³-hybridized carbons (Fsp3) is 0.500. The van der Waals surface area contributed by atoms with Crippen molar-refractivity contribution in [3.8, 4) is 0 Å². The number of anilines is 1. The van der Waals surface area contributed by atoms with Gasteiger partial charge in [0.2, 0.25) is 0 Å². The largest absolute Gasteiger partial charge is 0.414 e. The lowest BCUT2D eigenvalue weighted by Gasteiger charge is -2.34. The fourth-order valence-corrected chi connectivity index (χ4v) is 2.70. The third-order valence-corrected chi connectivity index (χ3v) is 4.13. The molecule has 8 heteroatoms. The molecule has 1 fully saturated rings. The van der Waals surface area contributed by atoms with E-state index in [9.17, 15) is 27.9 Å². The molecule has 1 atom stereocenters. The van der Waals surface area contributed by atoms with Gasteiger partial charge in [0.05, 0.1) is 0 Å². The van der Waals surface area contributed by atoms with E-state index in [0.717, 1.165) is 0 Å². The van der Waals surface area contributed by atoms with E-state index in [1.807, 2.05) is 0 Å². The molecule has 2 rings (SSSR count). The lowest BCUT2D eigenvalue weighted by Crippen LogP contribution is -2.46. The van der Waals surface area contributed by atoms with E-state index >= 15 is 0 Å². The van der Waals surface area contributed by atoms with Gasteiger partial charge < -0.3 is 15.3 Å². The monoisotopic (exact) mass is 344 g/mol. The van der Waals surface area contributed by atoms with Gasteiger partial charge in [-0.05, 0) is 37.8 Å². The number of halogens is 3. The van der Waals surface area contributed by atoms with E-state index in [2.05, 4.69) is 5.32 Å². The molecule has 5 nitrogen and oxygen atoms in total. The van der Waals surface area contributed by atoms with Crippen LogP contribution < -0.4 is 5.32 Å². The molecule has 0 bridgehead atoms. The maximum atomic E-state index is 12.5. The number of urea groups is 1. The molecule has 1 aromatic rings. The zero-order valence-corrected chi connectivity index (χ0v) is 13.1. The number of hydrogen-bond donors (Lipinski definition) is 2. The van der Waals surface area contributed by atoms with Crippen LogP contribution in [0.4, 0.5) is 23.7 Å². The third-order valence-electron chi connectivity index (χ3n) is 4.13. The van der Waals surface area contributed by atoms with Gasteiger partial charge in [-0.15, -0.1) is 0 Å². The molecule has 0 saturated carbocycles. The quantitative estimate of drug-likeness (QED) is 0.828. The molecule has 0 aliphatic carbocycles. The van der Waals surface area contributed by atoms with Gasteiger partial charge in [-0.1, -0.05) is 12.1 Å². The van der Waals surface area contributed by atoms with Crippen LogP contribution >= 0.6 is 0 Å². The molecule has 1 saturated heterocycles. The minimum Gasteiger partial charge on any atom is -0.383 e. The van der Waals surface area contributed by atoms with Crippen molar-refractivity contribution < 1.29 is 27.9 Å². The van der Waals surface area contributed by atoms with Crippen LogP contribution in [0, 0.1) is 5.92 Å². The molecular weight excluding hydrogens is 325 g/mol. The first-order valence-corrected chi connectivity index (χ1v) is 7.60. The number of hydrogen-bond acceptors (Lipinski definition) is 3. The molecular formula is C16H19F3N2O3. The number of Topliss-reactive ketones (excluding diaryl/α,β-unsaturated/α-hetero) is 1. The molecule has 2 N–H and O–H groups in total. The highest BCUT2D eigenvalue weighted by Gasteiger charge is 2.44. The van der Waals surface area contributed by atoms with Crippen molar-refractivity contribution in [1.82, 2.24) is 4.90 Å². The number of aliphatic hydroxyl groups excluding tert-OH is 1. The molecule has 1 unspecified atom stereocenters. The van der Waals surface area contributed by atoms with E-state index < -0.39 is 24.2 Å². The Hall–Kier alpha value is -2.09. The van der Waals surface area contributed by atoms with Crippen molar-refractivity contribution >= 4 is 17.5 Å². The number of carbonyl (C=O) groups is 2. The van der Waals surface area contributed by atoms with Crippen LogP contribution in [0.15, 0.2) is 24.3 Å². The van der Waals surface area contributed by atoms with Crippen molar-refractivity contribution in [1.29, 1.82) is 0 Å². The zero-order chi connectivity index (χ0) is 17.9. The Kier molecular flexibility index (Phi) is 5.48. The van der Waals surface area contributed by atoms with Crippen LogP contribution in [0.25, 0.3) is 0 Å². The molecule has 1 heterocycles. The van der Waals surface area contributed by atoms with Crippen molar-refractivity contribution in [3.63, 3.8) is 0 Å². The number of nitrogens with zero attached hydrogens (tertiary/aromatic N) is 1. The average molecular weight is 344 g/mol. The van der Waals surface area contributed by atoms with E-state index in [4.69, 9.17) is 0 Å². The summed E-state index contributed by atoms with van der Waals surface area (Å²) in [5, 5.41) is 11.9. The Labute approximate surface area is 137 Å². The summed E-state index contributed by atoms with van der Waals surface area (Å²) < 4.78 is 37.5. The Morgan fingerprint density at radius 2 is 1.92 bits per heavy atom. The summed E-state index contributed by atoms with van der Waals surface area (Å²) in [5.74, 6) is -1.02. The summed E-state index contributed by atoms with van der Waals surface area (Å²) in [6.07, 6.45) is -6.82. The van der Waals surface area contributed by atoms with Crippen LogP contribution in [-0.4, -0.2) is 47.2 Å². The third kappa shape index (κ3) is 4.47. The van der Waals surface area contributed by atoms with Crippen LogP contribution in [-0.2, 0) is 0 Å². The highest BCUT2D eigenvalue weighted by molar-refractivity contribution is 5.96. The molecule has 0 aromatic heterocycles. The summed E-state index contributed by atoms with van der Waals surface area (Å²) in [7, 11) is 0. The molecule has 1 aliphatic rings. The van der Waals surface area contributed by atoms with Crippen molar-refractivity contribution in [2.45, 2.75) is 32.0 Å². The standard InChI is InChI=1S/C16H19F3N2O3/c1-10(22)12-3-2-4-13(9-12)20-15(24)21-7-5-11(6-8-21)14(23)16(17,18)19/h2-4,9,11,14,23H,5-8H2,1H3,(H,20,24). The van der Waals surface area contributed by atoms with Crippen molar-refractivity contribution in [2.24, 2.45) is 5.92 Å². The number of rotatable bonds is 3. The first kappa shape index (κ1) is 18.3. The van der Waals surface area contributed by atoms with Gasteiger partial charge in [0.25, 0.3) is 0 Å². The predicted octanol–water partition coefficient (Wildman–Crippen LogP) is 3.06. The number of aliphatic hydroxyl groups is 1. The topological polar surface area (TPSA) is 69.6 Å². The fourth-order valence-electron chi connectivity index (χ4n) is 2.70. The number of benzene rings is 1. The van der Waals surface area contributed by atoms with Gasteiger partial charge in [-0.3, -0.25) is 4.79 Å². The molecule has 0 radical (unpaired) electrons. The molecule has 2 amide bonds. The Bertz CT molecular complexity index is 611. The van der Waals surface area contributed by atoms with E-state index in [-0.39, 0.29) is 31.7 Å². The smallest absolute Gasteiger partial charge is 0.383 e. The molecule has 0 spiro atoms. The van der Waals surface area contributed by atoms with E-state index in [0.29, 0.717) is 11.3 Å². The first-order chi connectivity index (χ1) is 11.2. The summed E-state index contributed by atoms with van der Waals surface area (Å²) in [5.41, 5.74) is 0.907. The van der Waals surface area contributed by atoms with Gasteiger partial charge in [0.1, 0.15) is 0 Å². The van der Waals surface area contributed by atoms with Crippen LogP contribution in [0.5, 0.6) is 0 Å². The summed E-state index contributed by atoms with van der Waals surface area (Å²) in [6, 6.07) is 6.00. The molecule has 1 aliphatic heterocycles. The Morgan fingerprint density at radius 1 is 1.29 bits per heavy atom. The number of ketones is 1. The van der Waals surface area contributed by atoms with Gasteiger partial charge in [-0.2, -0.15) is 13.2 Å². The normalized spacial score (nSPS) is 17.5. The summed E-state index contributed by atoms with van der Waals surface area (Å²) in [4.78, 5) is 24.9. The second-order valence-electron chi connectivity index (χ2n) is 5.88. The number of nitrogens with one attached hydrogen (secondary N) is 1. The SMILES string of the molecule is CC(=O)c1cccc(NC(=O)N2CCC(C(O)C(F)(F)F)CC2)c1. The van der Waals surface area contributed by atoms with Crippen LogP contribution in [0.1, 0.15) is 30.1 Å². The van der Waals surface area contributed by atoms with Gasteiger partial charge in [0.15, 0.2) is 11.9 Å². The van der Waals surface area contributed by atoms with E-state index in [1.54, 1.807) is 24.3 Å². The van der Waals surface area contributed by atoms with Gasteiger partial charge in [0, 0.05) is 24.3 Å². The molecule has 24 heavy (non-hydrogen) atoms. The lowest BCUT2D eigenvalue weighted by molar-refractivity contribution is -0.222. The second-order valence-corrected chi connectivity index (χ2v) is 5.88. The predicted molar refractivity (Wildman–Crippen MR) is 81.8 cm³/mol.